The molecule has 0 nitrogen and oxygen atoms in total. The molecule has 0 amide bonds. The zero-order chi connectivity index (χ0) is 8.83. The molecule has 0 saturated heterocycles. The Labute approximate surface area is 65.3 Å². The second-order valence-electron chi connectivity index (χ2n) is 1.02. The highest BCUT2D eigenvalue weighted by Crippen LogP contribution is 1.50. The maximum Gasteiger partial charge on any atom is -0.0370 e. The van der Waals surface area contributed by atoms with Crippen molar-refractivity contribution in [3.63, 3.8) is 0 Å². The molecule has 0 bridgehead atoms. The maximum atomic E-state index is 3.36. The summed E-state index contributed by atoms with van der Waals surface area (Å²) in [5.74, 6) is 0. The topological polar surface area (TPSA) is 0 Å². The Balaban J connectivity index is -0.0000000847. The number of rotatable bonds is 0. The minimum atomic E-state index is 1.75. The lowest BCUT2D eigenvalue weighted by molar-refractivity contribution is 1.50. The summed E-state index contributed by atoms with van der Waals surface area (Å²) in [6.07, 6.45) is 3.51. The van der Waals surface area contributed by atoms with Gasteiger partial charge in [-0.25, -0.2) is 0 Å². The highest BCUT2D eigenvalue weighted by Gasteiger charge is 1.29. The SMILES string of the molecule is C=C=C=CC.C=CC.CC. The largest absolute Gasteiger partial charge is 0.103 e. The predicted molar refractivity (Wildman–Crippen MR) is 50.1 cm³/mol. The van der Waals surface area contributed by atoms with Gasteiger partial charge in [0.1, 0.15) is 0 Å². The molecule has 0 atom stereocenters. The highest BCUT2D eigenvalue weighted by atomic mass is 13.4. The fourth-order valence-corrected chi connectivity index (χ4v) is 0.102. The molecule has 0 rings (SSSR count). The molecule has 0 aromatic rings. The van der Waals surface area contributed by atoms with E-state index in [1.165, 1.54) is 0 Å². The quantitative estimate of drug-likeness (QED) is 0.353. The van der Waals surface area contributed by atoms with E-state index in [0.717, 1.165) is 0 Å². The molecule has 0 fully saturated rings. The molecule has 0 aliphatic carbocycles. The molecule has 0 aliphatic heterocycles. The molecule has 0 heterocycles. The second kappa shape index (κ2) is 43.1. The van der Waals surface area contributed by atoms with E-state index in [1.807, 2.05) is 27.7 Å². The van der Waals surface area contributed by atoms with Gasteiger partial charge in [-0.15, -0.1) is 6.58 Å². The van der Waals surface area contributed by atoms with E-state index < -0.39 is 0 Å². The molecular formula is C10H18. The molecular weight excluding hydrogens is 120 g/mol. The van der Waals surface area contributed by atoms with E-state index in [0.29, 0.717) is 0 Å². The van der Waals surface area contributed by atoms with Gasteiger partial charge in [0, 0.05) is 0 Å². The minimum absolute atomic E-state index is 1.75. The molecule has 0 aromatic carbocycles. The smallest absolute Gasteiger partial charge is 0.0370 e. The van der Waals surface area contributed by atoms with Crippen LogP contribution in [-0.4, -0.2) is 0 Å². The minimum Gasteiger partial charge on any atom is -0.103 e. The Morgan fingerprint density at radius 2 is 1.50 bits per heavy atom. The lowest BCUT2D eigenvalue weighted by Gasteiger charge is -1.40. The summed E-state index contributed by atoms with van der Waals surface area (Å²) >= 11 is 0. The Morgan fingerprint density at radius 3 is 1.50 bits per heavy atom. The van der Waals surface area contributed by atoms with Gasteiger partial charge in [0.25, 0.3) is 0 Å². The van der Waals surface area contributed by atoms with Gasteiger partial charge in [-0.3, -0.25) is 0 Å². The van der Waals surface area contributed by atoms with Crippen LogP contribution in [0, 0.1) is 0 Å². The zero-order valence-electron chi connectivity index (χ0n) is 7.57. The number of allylic oxidation sites excluding steroid dienone is 2. The lowest BCUT2D eigenvalue weighted by Crippen LogP contribution is -1.19. The fourth-order valence-electron chi connectivity index (χ4n) is 0.102. The van der Waals surface area contributed by atoms with Crippen molar-refractivity contribution in [1.82, 2.24) is 0 Å². The Morgan fingerprint density at radius 1 is 1.20 bits per heavy atom. The average Bonchev–Trinajstić information content (AvgIpc) is 1.96. The normalized spacial score (nSPS) is 4.00. The van der Waals surface area contributed by atoms with Gasteiger partial charge in [0.05, 0.1) is 0 Å². The standard InChI is InChI=1S/C5H6.C3H6.C2H6/c1-3-5-4-2;1-3-2;1-2/h4H,1H2,2H3;3H,1H2,2H3;1-2H3. The molecule has 58 valence electrons. The third-order valence-corrected chi connectivity index (χ3v) is 0.246. The first-order valence-electron chi connectivity index (χ1n) is 3.46. The first-order chi connectivity index (χ1) is 4.83. The van der Waals surface area contributed by atoms with Crippen molar-refractivity contribution >= 4 is 0 Å². The zero-order valence-corrected chi connectivity index (χ0v) is 7.57. The maximum absolute atomic E-state index is 3.36. The van der Waals surface area contributed by atoms with Crippen LogP contribution in [-0.2, 0) is 0 Å². The van der Waals surface area contributed by atoms with Crippen molar-refractivity contribution in [2.24, 2.45) is 0 Å². The van der Waals surface area contributed by atoms with Crippen LogP contribution in [0.3, 0.4) is 0 Å². The molecule has 0 spiro atoms. The molecule has 0 N–H and O–H groups in total. The van der Waals surface area contributed by atoms with Crippen LogP contribution in [0.5, 0.6) is 0 Å². The molecule has 0 radical (unpaired) electrons. The Hall–Kier alpha value is -0.960. The van der Waals surface area contributed by atoms with E-state index >= 15 is 0 Å². The van der Waals surface area contributed by atoms with Crippen LogP contribution in [0.15, 0.2) is 36.8 Å². The summed E-state index contributed by atoms with van der Waals surface area (Å²) in [6, 6.07) is 0. The van der Waals surface area contributed by atoms with E-state index in [9.17, 15) is 0 Å². The van der Waals surface area contributed by atoms with Crippen molar-refractivity contribution in [2.45, 2.75) is 27.7 Å². The monoisotopic (exact) mass is 138 g/mol. The Bertz CT molecular complexity index is 108. The second-order valence-corrected chi connectivity index (χ2v) is 1.02. The summed E-state index contributed by atoms with van der Waals surface area (Å²) in [5.41, 5.74) is 5.09. The van der Waals surface area contributed by atoms with Crippen molar-refractivity contribution < 1.29 is 0 Å². The van der Waals surface area contributed by atoms with Gasteiger partial charge in [-0.05, 0) is 26.5 Å². The van der Waals surface area contributed by atoms with Gasteiger partial charge in [-0.1, -0.05) is 31.4 Å². The Kier molecular flexibility index (Phi) is 69.1. The van der Waals surface area contributed by atoms with Crippen molar-refractivity contribution in [2.75, 3.05) is 0 Å². The van der Waals surface area contributed by atoms with Gasteiger partial charge in [0.15, 0.2) is 0 Å². The lowest BCUT2D eigenvalue weighted by atomic mass is 10.7. The van der Waals surface area contributed by atoms with E-state index in [4.69, 9.17) is 0 Å². The summed E-state index contributed by atoms with van der Waals surface area (Å²) < 4.78 is 0. The summed E-state index contributed by atoms with van der Waals surface area (Å²) in [6.45, 7) is 14.4. The van der Waals surface area contributed by atoms with Crippen molar-refractivity contribution in [3.8, 4) is 0 Å². The van der Waals surface area contributed by atoms with Gasteiger partial charge in [-0.2, -0.15) is 0 Å². The third kappa shape index (κ3) is 237. The fraction of sp³-hybridized carbons (Fsp3) is 0.400. The van der Waals surface area contributed by atoms with Gasteiger partial charge in [0.2, 0.25) is 0 Å². The third-order valence-electron chi connectivity index (χ3n) is 0.246. The highest BCUT2D eigenvalue weighted by molar-refractivity contribution is 4.75. The number of hydrogen-bond acceptors (Lipinski definition) is 0. The van der Waals surface area contributed by atoms with E-state index in [1.54, 1.807) is 12.2 Å². The molecule has 10 heavy (non-hydrogen) atoms. The average molecular weight is 138 g/mol. The first kappa shape index (κ1) is 16.0. The van der Waals surface area contributed by atoms with E-state index in [-0.39, 0.29) is 0 Å². The summed E-state index contributed by atoms with van der Waals surface area (Å²) in [7, 11) is 0. The van der Waals surface area contributed by atoms with Crippen molar-refractivity contribution in [1.29, 1.82) is 0 Å². The molecule has 0 saturated carbocycles. The summed E-state index contributed by atoms with van der Waals surface area (Å²) in [5, 5.41) is 0. The van der Waals surface area contributed by atoms with Gasteiger partial charge < -0.3 is 0 Å². The summed E-state index contributed by atoms with van der Waals surface area (Å²) in [4.78, 5) is 0. The van der Waals surface area contributed by atoms with Crippen LogP contribution < -0.4 is 0 Å². The molecule has 0 aliphatic rings. The number of hydrogen-bond donors (Lipinski definition) is 0. The van der Waals surface area contributed by atoms with Crippen molar-refractivity contribution in [3.05, 3.63) is 36.8 Å². The van der Waals surface area contributed by atoms with Crippen LogP contribution >= 0.6 is 0 Å². The first-order valence-corrected chi connectivity index (χ1v) is 3.46. The van der Waals surface area contributed by atoms with Crippen LogP contribution in [0.25, 0.3) is 0 Å². The van der Waals surface area contributed by atoms with Gasteiger partial charge >= 0.3 is 0 Å². The van der Waals surface area contributed by atoms with Crippen LogP contribution in [0.1, 0.15) is 27.7 Å². The van der Waals surface area contributed by atoms with Crippen LogP contribution in [0.2, 0.25) is 0 Å². The molecule has 0 heteroatoms. The predicted octanol–water partition coefficient (Wildman–Crippen LogP) is 3.72. The molecule has 0 unspecified atom stereocenters. The molecule has 0 aromatic heterocycles. The van der Waals surface area contributed by atoms with E-state index in [2.05, 4.69) is 24.6 Å². The van der Waals surface area contributed by atoms with Crippen LogP contribution in [0.4, 0.5) is 0 Å².